The van der Waals surface area contributed by atoms with Crippen molar-refractivity contribution < 1.29 is 14.3 Å². The van der Waals surface area contributed by atoms with Gasteiger partial charge in [0.05, 0.1) is 11.7 Å². The summed E-state index contributed by atoms with van der Waals surface area (Å²) in [5.74, 6) is 0.454. The van der Waals surface area contributed by atoms with Crippen LogP contribution in [0.4, 0.5) is 5.69 Å². The molecule has 0 saturated carbocycles. The third kappa shape index (κ3) is 5.58. The van der Waals surface area contributed by atoms with Crippen LogP contribution in [0, 0.1) is 0 Å². The number of para-hydroxylation sites is 1. The van der Waals surface area contributed by atoms with Gasteiger partial charge in [0.15, 0.2) is 0 Å². The van der Waals surface area contributed by atoms with Crippen molar-refractivity contribution in [2.75, 3.05) is 38.2 Å². The molecule has 0 unspecified atom stereocenters. The van der Waals surface area contributed by atoms with Gasteiger partial charge in [0, 0.05) is 18.8 Å². The van der Waals surface area contributed by atoms with Crippen LogP contribution in [-0.4, -0.2) is 49.8 Å². The fourth-order valence-electron chi connectivity index (χ4n) is 4.04. The van der Waals surface area contributed by atoms with Crippen molar-refractivity contribution in [2.45, 2.75) is 38.2 Å². The normalized spacial score (nSPS) is 19.4. The van der Waals surface area contributed by atoms with Crippen LogP contribution in [0.5, 0.6) is 5.75 Å². The van der Waals surface area contributed by atoms with Crippen LogP contribution in [0.2, 0.25) is 0 Å². The summed E-state index contributed by atoms with van der Waals surface area (Å²) in [6.45, 7) is 4.77. The molecule has 2 aromatic carbocycles. The number of hydrogen-bond donors (Lipinski definition) is 1. The Balaban J connectivity index is 1.36. The van der Waals surface area contributed by atoms with Gasteiger partial charge < -0.3 is 19.7 Å². The van der Waals surface area contributed by atoms with E-state index in [0.717, 1.165) is 38.1 Å². The van der Waals surface area contributed by atoms with Gasteiger partial charge in [-0.3, -0.25) is 4.79 Å². The van der Waals surface area contributed by atoms with Crippen LogP contribution >= 0.6 is 0 Å². The number of nitrogens with zero attached hydrogens (tertiary/aromatic N) is 1. The molecule has 1 amide bonds. The van der Waals surface area contributed by atoms with E-state index >= 15 is 0 Å². The highest BCUT2D eigenvalue weighted by molar-refractivity contribution is 6.06. The molecule has 0 spiro atoms. The van der Waals surface area contributed by atoms with Gasteiger partial charge in [0.25, 0.3) is 5.91 Å². The highest BCUT2D eigenvalue weighted by Gasteiger charge is 2.18. The van der Waals surface area contributed by atoms with Gasteiger partial charge in [-0.05, 0) is 75.0 Å². The van der Waals surface area contributed by atoms with E-state index in [1.54, 1.807) is 6.07 Å². The minimum absolute atomic E-state index is 0.124. The fourth-order valence-corrected chi connectivity index (χ4v) is 4.04. The van der Waals surface area contributed by atoms with E-state index in [0.29, 0.717) is 17.9 Å². The molecule has 5 heteroatoms. The molecule has 4 rings (SSSR count). The van der Waals surface area contributed by atoms with Crippen LogP contribution < -0.4 is 10.1 Å². The smallest absolute Gasteiger partial charge is 0.259 e. The molecule has 0 bridgehead atoms. The maximum Gasteiger partial charge on any atom is 0.259 e. The zero-order valence-corrected chi connectivity index (χ0v) is 16.9. The first kappa shape index (κ1) is 19.9. The number of anilines is 1. The standard InChI is InChI=1S/C24H30N2O3/c27-24(22-10-1-2-11-23(22)29-18-21-9-6-16-28-21)25-20-8-5-7-19(17-20)12-15-26-13-3-4-14-26/h1-2,5,7-8,10-11,17,21H,3-4,6,9,12-16,18H2,(H,25,27)/t21-/m1/s1. The fraction of sp³-hybridized carbons (Fsp3) is 0.458. The highest BCUT2D eigenvalue weighted by Crippen LogP contribution is 2.22. The van der Waals surface area contributed by atoms with E-state index in [-0.39, 0.29) is 12.0 Å². The van der Waals surface area contributed by atoms with E-state index in [9.17, 15) is 4.79 Å². The van der Waals surface area contributed by atoms with Gasteiger partial charge >= 0.3 is 0 Å². The van der Waals surface area contributed by atoms with E-state index in [1.807, 2.05) is 30.3 Å². The van der Waals surface area contributed by atoms with Crippen LogP contribution in [0.1, 0.15) is 41.6 Å². The largest absolute Gasteiger partial charge is 0.490 e. The summed E-state index contributed by atoms with van der Waals surface area (Å²) in [6.07, 6.45) is 5.83. The monoisotopic (exact) mass is 394 g/mol. The molecule has 0 aliphatic carbocycles. The van der Waals surface area contributed by atoms with Gasteiger partial charge in [0.1, 0.15) is 12.4 Å². The number of nitrogens with one attached hydrogen (secondary N) is 1. The number of hydrogen-bond acceptors (Lipinski definition) is 4. The molecule has 2 aliphatic heterocycles. The second-order valence-electron chi connectivity index (χ2n) is 7.90. The number of amides is 1. The molecule has 29 heavy (non-hydrogen) atoms. The van der Waals surface area contributed by atoms with E-state index in [2.05, 4.69) is 22.3 Å². The van der Waals surface area contributed by atoms with Crippen molar-refractivity contribution in [1.29, 1.82) is 0 Å². The maximum absolute atomic E-state index is 12.9. The zero-order valence-electron chi connectivity index (χ0n) is 16.9. The quantitative estimate of drug-likeness (QED) is 0.731. The van der Waals surface area contributed by atoms with E-state index in [4.69, 9.17) is 9.47 Å². The average Bonchev–Trinajstić information content (AvgIpc) is 3.45. The zero-order chi connectivity index (χ0) is 19.9. The summed E-state index contributed by atoms with van der Waals surface area (Å²) in [7, 11) is 0. The van der Waals surface area contributed by atoms with Crippen molar-refractivity contribution in [1.82, 2.24) is 4.90 Å². The summed E-state index contributed by atoms with van der Waals surface area (Å²) in [6, 6.07) is 15.5. The Morgan fingerprint density at radius 1 is 1.10 bits per heavy atom. The molecule has 2 fully saturated rings. The van der Waals surface area contributed by atoms with Crippen molar-refractivity contribution in [3.8, 4) is 5.75 Å². The van der Waals surface area contributed by atoms with Gasteiger partial charge in [0.2, 0.25) is 0 Å². The molecular weight excluding hydrogens is 364 g/mol. The maximum atomic E-state index is 12.9. The topological polar surface area (TPSA) is 50.8 Å². The van der Waals surface area contributed by atoms with Crippen LogP contribution in [0.15, 0.2) is 48.5 Å². The molecule has 0 radical (unpaired) electrons. The van der Waals surface area contributed by atoms with Crippen molar-refractivity contribution in [2.24, 2.45) is 0 Å². The minimum atomic E-state index is -0.148. The Bertz CT molecular complexity index is 811. The van der Waals surface area contributed by atoms with Crippen molar-refractivity contribution >= 4 is 11.6 Å². The predicted molar refractivity (Wildman–Crippen MR) is 115 cm³/mol. The predicted octanol–water partition coefficient (Wildman–Crippen LogP) is 4.14. The van der Waals surface area contributed by atoms with E-state index in [1.165, 1.54) is 31.5 Å². The first-order valence-electron chi connectivity index (χ1n) is 10.7. The first-order valence-corrected chi connectivity index (χ1v) is 10.7. The highest BCUT2D eigenvalue weighted by atomic mass is 16.5. The van der Waals surface area contributed by atoms with Crippen LogP contribution in [0.25, 0.3) is 0 Å². The molecule has 1 atom stereocenters. The second-order valence-corrected chi connectivity index (χ2v) is 7.90. The first-order chi connectivity index (χ1) is 14.3. The number of carbonyl (C=O) groups excluding carboxylic acids is 1. The Labute approximate surface area is 173 Å². The SMILES string of the molecule is O=C(Nc1cccc(CCN2CCCC2)c1)c1ccccc1OC[C@H]1CCCO1. The molecule has 2 aliphatic rings. The van der Waals surface area contributed by atoms with Crippen molar-refractivity contribution in [3.05, 3.63) is 59.7 Å². The van der Waals surface area contributed by atoms with Crippen LogP contribution in [0.3, 0.4) is 0 Å². The third-order valence-electron chi connectivity index (χ3n) is 5.68. The average molecular weight is 395 g/mol. The summed E-state index contributed by atoms with van der Waals surface area (Å²) in [5.41, 5.74) is 2.62. The molecule has 154 valence electrons. The van der Waals surface area contributed by atoms with Gasteiger partial charge in [-0.25, -0.2) is 0 Å². The molecule has 1 N–H and O–H groups in total. The molecule has 5 nitrogen and oxygen atoms in total. The molecule has 2 saturated heterocycles. The van der Waals surface area contributed by atoms with Gasteiger partial charge in [-0.2, -0.15) is 0 Å². The summed E-state index contributed by atoms with van der Waals surface area (Å²) < 4.78 is 11.5. The van der Waals surface area contributed by atoms with Gasteiger partial charge in [-0.15, -0.1) is 0 Å². The Morgan fingerprint density at radius 3 is 2.79 bits per heavy atom. The summed E-state index contributed by atoms with van der Waals surface area (Å²) in [5, 5.41) is 3.03. The number of benzene rings is 2. The Morgan fingerprint density at radius 2 is 1.97 bits per heavy atom. The summed E-state index contributed by atoms with van der Waals surface area (Å²) in [4.78, 5) is 15.4. The molecule has 0 aromatic heterocycles. The molecular formula is C24H30N2O3. The number of carbonyl (C=O) groups is 1. The Kier molecular flexibility index (Phi) is 6.80. The van der Waals surface area contributed by atoms with Gasteiger partial charge in [-0.1, -0.05) is 24.3 Å². The lowest BCUT2D eigenvalue weighted by Gasteiger charge is -2.16. The minimum Gasteiger partial charge on any atom is -0.490 e. The lowest BCUT2D eigenvalue weighted by atomic mass is 10.1. The molecule has 2 heterocycles. The van der Waals surface area contributed by atoms with Crippen molar-refractivity contribution in [3.63, 3.8) is 0 Å². The van der Waals surface area contributed by atoms with E-state index < -0.39 is 0 Å². The third-order valence-corrected chi connectivity index (χ3v) is 5.68. The number of likely N-dealkylation sites (tertiary alicyclic amines) is 1. The second kappa shape index (κ2) is 9.90. The lowest BCUT2D eigenvalue weighted by molar-refractivity contribution is 0.0673. The van der Waals surface area contributed by atoms with Crippen LogP contribution in [-0.2, 0) is 11.2 Å². The lowest BCUT2D eigenvalue weighted by Crippen LogP contribution is -2.22. The number of ether oxygens (including phenoxy) is 2. The number of rotatable bonds is 8. The molecule has 2 aromatic rings. The summed E-state index contributed by atoms with van der Waals surface area (Å²) >= 11 is 0. The Hall–Kier alpha value is -2.37.